The second-order valence-corrected chi connectivity index (χ2v) is 6.85. The summed E-state index contributed by atoms with van der Waals surface area (Å²) < 4.78 is 78.0. The number of alkyl halides is 6. The Labute approximate surface area is 183 Å². The molecule has 3 aromatic rings. The van der Waals surface area contributed by atoms with Gasteiger partial charge < -0.3 is 15.7 Å². The van der Waals surface area contributed by atoms with Gasteiger partial charge in [-0.1, -0.05) is 12.1 Å². The Bertz CT molecular complexity index is 1090. The first-order chi connectivity index (χ1) is 15.4. The number of carbonyl (C=O) groups excluding carboxylic acids is 1. The molecule has 0 saturated heterocycles. The van der Waals surface area contributed by atoms with Crippen LogP contribution in [0.15, 0.2) is 67.1 Å². The fourth-order valence-corrected chi connectivity index (χ4v) is 2.88. The van der Waals surface area contributed by atoms with Crippen molar-refractivity contribution in [3.8, 4) is 0 Å². The van der Waals surface area contributed by atoms with E-state index in [1.807, 2.05) is 0 Å². The van der Waals surface area contributed by atoms with Crippen LogP contribution in [0.4, 0.5) is 37.8 Å². The molecule has 12 heteroatoms. The minimum Gasteiger partial charge on any atom is -0.369 e. The monoisotopic (exact) mass is 470 g/mol. The summed E-state index contributed by atoms with van der Waals surface area (Å²) in [5.41, 5.74) is -5.63. The smallest absolute Gasteiger partial charge is 0.369 e. The van der Waals surface area contributed by atoms with Gasteiger partial charge in [-0.05, 0) is 42.0 Å². The zero-order valence-electron chi connectivity index (χ0n) is 16.6. The average molecular weight is 470 g/mol. The topological polar surface area (TPSA) is 87.1 Å². The van der Waals surface area contributed by atoms with E-state index in [4.69, 9.17) is 0 Å². The molecule has 3 N–H and O–H groups in total. The minimum atomic E-state index is -6.01. The van der Waals surface area contributed by atoms with Crippen LogP contribution >= 0.6 is 0 Å². The van der Waals surface area contributed by atoms with E-state index >= 15 is 0 Å². The number of aliphatic hydroxyl groups is 1. The Kier molecular flexibility index (Phi) is 6.58. The molecule has 0 saturated carbocycles. The van der Waals surface area contributed by atoms with Gasteiger partial charge in [0.25, 0.3) is 11.5 Å². The number of anilines is 2. The van der Waals surface area contributed by atoms with Gasteiger partial charge >= 0.3 is 12.4 Å². The molecule has 2 heterocycles. The molecule has 0 radical (unpaired) electrons. The number of pyridine rings is 2. The minimum absolute atomic E-state index is 0.227. The number of hydrogen-bond acceptors (Lipinski definition) is 5. The first kappa shape index (κ1) is 24.0. The number of carbonyl (C=O) groups is 1. The van der Waals surface area contributed by atoms with Crippen molar-refractivity contribution in [3.05, 3.63) is 83.8 Å². The molecule has 0 aliphatic carbocycles. The van der Waals surface area contributed by atoms with E-state index in [1.54, 1.807) is 24.5 Å². The van der Waals surface area contributed by atoms with E-state index < -0.39 is 29.4 Å². The van der Waals surface area contributed by atoms with Crippen LogP contribution < -0.4 is 10.6 Å². The van der Waals surface area contributed by atoms with E-state index in [2.05, 4.69) is 20.6 Å². The summed E-state index contributed by atoms with van der Waals surface area (Å²) in [6.45, 7) is 0.352. The van der Waals surface area contributed by atoms with Gasteiger partial charge in [0.2, 0.25) is 0 Å². The normalized spacial score (nSPS) is 12.3. The molecule has 0 atom stereocenters. The molecule has 0 aliphatic heterocycles. The summed E-state index contributed by atoms with van der Waals surface area (Å²) in [6.07, 6.45) is -7.37. The molecule has 33 heavy (non-hydrogen) atoms. The van der Waals surface area contributed by atoms with Gasteiger partial charge in [-0.25, -0.2) is 4.98 Å². The van der Waals surface area contributed by atoms with Gasteiger partial charge in [-0.2, -0.15) is 26.3 Å². The SMILES string of the molecule is O=C(Nc1cccnc1NCc1ccncc1)c1ccc(C(O)(C(F)(F)F)C(F)(F)F)cc1. The van der Waals surface area contributed by atoms with Crippen LogP contribution in [0, 0.1) is 0 Å². The molecule has 2 aromatic heterocycles. The first-order valence-electron chi connectivity index (χ1n) is 9.29. The number of hydrogen-bond donors (Lipinski definition) is 3. The third-order valence-electron chi connectivity index (χ3n) is 4.65. The summed E-state index contributed by atoms with van der Waals surface area (Å²) in [5.74, 6) is -0.508. The molecule has 6 nitrogen and oxygen atoms in total. The third kappa shape index (κ3) is 5.06. The predicted molar refractivity (Wildman–Crippen MR) is 106 cm³/mol. The van der Waals surface area contributed by atoms with Crippen LogP contribution in [0.5, 0.6) is 0 Å². The second kappa shape index (κ2) is 9.06. The highest BCUT2D eigenvalue weighted by Crippen LogP contribution is 2.49. The van der Waals surface area contributed by atoms with Crippen LogP contribution in [-0.4, -0.2) is 33.3 Å². The van der Waals surface area contributed by atoms with Crippen molar-refractivity contribution in [3.63, 3.8) is 0 Å². The average Bonchev–Trinajstić information content (AvgIpc) is 2.77. The molecule has 0 spiro atoms. The highest BCUT2D eigenvalue weighted by atomic mass is 19.4. The predicted octanol–water partition coefficient (Wildman–Crippen LogP) is 4.65. The standard InChI is InChI=1S/C21H16F6N4O2/c22-20(23,24)19(33,21(25,26)27)15-5-3-14(4-6-15)18(32)31-16-2-1-9-29-17(16)30-12-13-7-10-28-11-8-13/h1-11,33H,12H2,(H,29,30)(H,31,32). The quantitative estimate of drug-likeness (QED) is 0.457. The molecule has 174 valence electrons. The highest BCUT2D eigenvalue weighted by molar-refractivity contribution is 6.05. The molecule has 0 unspecified atom stereocenters. The molecule has 0 bridgehead atoms. The van der Waals surface area contributed by atoms with Crippen molar-refractivity contribution in [2.45, 2.75) is 24.5 Å². The van der Waals surface area contributed by atoms with Crippen molar-refractivity contribution >= 4 is 17.4 Å². The molecular weight excluding hydrogens is 454 g/mol. The molecular formula is C21H16F6N4O2. The molecule has 3 rings (SSSR count). The van der Waals surface area contributed by atoms with Crippen molar-refractivity contribution < 1.29 is 36.2 Å². The van der Waals surface area contributed by atoms with E-state index in [0.717, 1.165) is 17.7 Å². The molecule has 0 fully saturated rings. The Hall–Kier alpha value is -3.67. The number of nitrogens with one attached hydrogen (secondary N) is 2. The Morgan fingerprint density at radius 3 is 2.06 bits per heavy atom. The highest BCUT2D eigenvalue weighted by Gasteiger charge is 2.71. The Morgan fingerprint density at radius 1 is 0.879 bits per heavy atom. The van der Waals surface area contributed by atoms with Gasteiger partial charge in [0.1, 0.15) is 5.82 Å². The van der Waals surface area contributed by atoms with Crippen LogP contribution in [0.3, 0.4) is 0 Å². The lowest BCUT2D eigenvalue weighted by Gasteiger charge is -2.32. The van der Waals surface area contributed by atoms with Crippen molar-refractivity contribution in [1.82, 2.24) is 9.97 Å². The van der Waals surface area contributed by atoms with Crippen LogP contribution in [-0.2, 0) is 12.1 Å². The molecule has 1 amide bonds. The number of aromatic nitrogens is 2. The maximum Gasteiger partial charge on any atom is 0.430 e. The van der Waals surface area contributed by atoms with Gasteiger partial charge in [0, 0.05) is 36.3 Å². The third-order valence-corrected chi connectivity index (χ3v) is 4.65. The Balaban J connectivity index is 1.78. The lowest BCUT2D eigenvalue weighted by atomic mass is 9.91. The van der Waals surface area contributed by atoms with Gasteiger partial charge in [0.15, 0.2) is 0 Å². The summed E-state index contributed by atoms with van der Waals surface area (Å²) in [7, 11) is 0. The number of nitrogens with zero attached hydrogens (tertiary/aromatic N) is 2. The van der Waals surface area contributed by atoms with Crippen LogP contribution in [0.2, 0.25) is 0 Å². The van der Waals surface area contributed by atoms with Gasteiger partial charge in [-0.3, -0.25) is 9.78 Å². The summed E-state index contributed by atoms with van der Waals surface area (Å²) >= 11 is 0. The summed E-state index contributed by atoms with van der Waals surface area (Å²) in [5, 5.41) is 14.9. The fourth-order valence-electron chi connectivity index (χ4n) is 2.88. The fraction of sp³-hybridized carbons (Fsp3) is 0.190. The van der Waals surface area contributed by atoms with Crippen molar-refractivity contribution in [2.75, 3.05) is 10.6 Å². The van der Waals surface area contributed by atoms with E-state index in [1.165, 1.54) is 18.3 Å². The summed E-state index contributed by atoms with van der Waals surface area (Å²) in [4.78, 5) is 20.5. The number of amides is 1. The summed E-state index contributed by atoms with van der Waals surface area (Å²) in [6, 6.07) is 8.89. The first-order valence-corrected chi connectivity index (χ1v) is 9.29. The molecule has 1 aromatic carbocycles. The maximum absolute atomic E-state index is 13.0. The lowest BCUT2D eigenvalue weighted by molar-refractivity contribution is -0.376. The zero-order valence-corrected chi connectivity index (χ0v) is 16.6. The lowest BCUT2D eigenvalue weighted by Crippen LogP contribution is -2.53. The van der Waals surface area contributed by atoms with E-state index in [0.29, 0.717) is 24.5 Å². The largest absolute Gasteiger partial charge is 0.430 e. The van der Waals surface area contributed by atoms with E-state index in [-0.39, 0.29) is 11.3 Å². The molecule has 0 aliphatic rings. The van der Waals surface area contributed by atoms with E-state index in [9.17, 15) is 36.2 Å². The van der Waals surface area contributed by atoms with Crippen molar-refractivity contribution in [1.29, 1.82) is 0 Å². The number of benzene rings is 1. The van der Waals surface area contributed by atoms with Crippen LogP contribution in [0.1, 0.15) is 21.5 Å². The second-order valence-electron chi connectivity index (χ2n) is 6.85. The van der Waals surface area contributed by atoms with Gasteiger partial charge in [0.05, 0.1) is 5.69 Å². The Morgan fingerprint density at radius 2 is 1.48 bits per heavy atom. The number of halogens is 6. The number of rotatable bonds is 6. The maximum atomic E-state index is 13.0. The zero-order chi connectivity index (χ0) is 24.3. The van der Waals surface area contributed by atoms with Gasteiger partial charge in [-0.15, -0.1) is 0 Å². The van der Waals surface area contributed by atoms with Crippen molar-refractivity contribution in [2.24, 2.45) is 0 Å². The van der Waals surface area contributed by atoms with Crippen LogP contribution in [0.25, 0.3) is 0 Å².